The van der Waals surface area contributed by atoms with Gasteiger partial charge in [0.05, 0.1) is 6.54 Å². The second-order valence-corrected chi connectivity index (χ2v) is 7.06. The molecule has 1 fully saturated rings. The number of hydrazone groups is 1. The van der Waals surface area contributed by atoms with Crippen molar-refractivity contribution in [1.29, 1.82) is 0 Å². The number of nitrogens with zero attached hydrogens (tertiary/aromatic N) is 3. The third kappa shape index (κ3) is 4.93. The molecule has 144 valence electrons. The average molecular weight is 371 g/mol. The molecule has 2 aliphatic heterocycles. The summed E-state index contributed by atoms with van der Waals surface area (Å²) in [5.41, 5.74) is 1.35. The maximum atomic E-state index is 13.0. The minimum absolute atomic E-state index is 0.0551. The Hall–Kier alpha value is -2.70. The third-order valence-corrected chi connectivity index (χ3v) is 5.11. The van der Waals surface area contributed by atoms with Gasteiger partial charge in [0.15, 0.2) is 0 Å². The van der Waals surface area contributed by atoms with Gasteiger partial charge < -0.3 is 10.0 Å². The van der Waals surface area contributed by atoms with Crippen LogP contribution in [0.4, 0.5) is 0 Å². The summed E-state index contributed by atoms with van der Waals surface area (Å²) in [6.45, 7) is 0.966. The number of rotatable bonds is 6. The lowest BCUT2D eigenvalue weighted by Gasteiger charge is -2.36. The Morgan fingerprint density at radius 2 is 1.93 bits per heavy atom. The van der Waals surface area contributed by atoms with Crippen LogP contribution < -0.4 is 0 Å². The van der Waals surface area contributed by atoms with Crippen molar-refractivity contribution in [3.8, 4) is 0 Å². The van der Waals surface area contributed by atoms with Gasteiger partial charge in [-0.15, -0.1) is 0 Å². The zero-order valence-electron chi connectivity index (χ0n) is 15.3. The molecule has 7 heteroatoms. The molecule has 0 bridgehead atoms. The van der Waals surface area contributed by atoms with E-state index in [4.69, 9.17) is 5.11 Å². The lowest BCUT2D eigenvalue weighted by atomic mass is 9.96. The van der Waals surface area contributed by atoms with Crippen LogP contribution in [0.3, 0.4) is 0 Å². The smallest absolute Gasteiger partial charge is 0.303 e. The van der Waals surface area contributed by atoms with Gasteiger partial charge >= 0.3 is 5.97 Å². The highest BCUT2D eigenvalue weighted by Gasteiger charge is 2.32. The molecule has 1 aromatic rings. The molecule has 3 rings (SSSR count). The monoisotopic (exact) mass is 371 g/mol. The second-order valence-electron chi connectivity index (χ2n) is 7.06. The van der Waals surface area contributed by atoms with Gasteiger partial charge in [-0.2, -0.15) is 5.10 Å². The normalized spacial score (nSPS) is 20.4. The molecular weight excluding hydrogens is 346 g/mol. The number of benzene rings is 1. The second kappa shape index (κ2) is 8.79. The molecular formula is C20H25N3O4. The summed E-state index contributed by atoms with van der Waals surface area (Å²) in [6.07, 6.45) is 3.85. The first kappa shape index (κ1) is 19.1. The number of likely N-dealkylation sites (tertiary alicyclic amines) is 1. The van der Waals surface area contributed by atoms with Crippen LogP contribution in [-0.4, -0.2) is 51.1 Å². The van der Waals surface area contributed by atoms with Crippen molar-refractivity contribution in [3.05, 3.63) is 35.9 Å². The van der Waals surface area contributed by atoms with Gasteiger partial charge in [0.1, 0.15) is 5.71 Å². The summed E-state index contributed by atoms with van der Waals surface area (Å²) in [7, 11) is 0. The van der Waals surface area contributed by atoms with Crippen LogP contribution in [0.1, 0.15) is 50.5 Å². The van der Waals surface area contributed by atoms with Gasteiger partial charge in [0.2, 0.25) is 5.91 Å². The summed E-state index contributed by atoms with van der Waals surface area (Å²) >= 11 is 0. The SMILES string of the molecule is O=C(O)CCC1CCCCN1C(=O)C1=NN(Cc2ccccc2)C(=O)CC1. The molecule has 0 radical (unpaired) electrons. The summed E-state index contributed by atoms with van der Waals surface area (Å²) in [5.74, 6) is -1.09. The third-order valence-electron chi connectivity index (χ3n) is 5.11. The number of aliphatic carboxylic acids is 1. The fraction of sp³-hybridized carbons (Fsp3) is 0.500. The number of amides is 2. The molecule has 1 saturated heterocycles. The minimum atomic E-state index is -0.845. The molecule has 1 aromatic carbocycles. The van der Waals surface area contributed by atoms with E-state index in [1.165, 1.54) is 5.01 Å². The van der Waals surface area contributed by atoms with Gasteiger partial charge in [-0.3, -0.25) is 14.4 Å². The Bertz CT molecular complexity index is 732. The molecule has 1 atom stereocenters. The number of piperidine rings is 1. The van der Waals surface area contributed by atoms with E-state index < -0.39 is 5.97 Å². The van der Waals surface area contributed by atoms with E-state index in [1.54, 1.807) is 4.90 Å². The zero-order chi connectivity index (χ0) is 19.2. The van der Waals surface area contributed by atoms with Crippen molar-refractivity contribution in [1.82, 2.24) is 9.91 Å². The standard InChI is InChI=1S/C20H25N3O4/c24-18-11-10-17(21-23(18)14-15-6-2-1-3-7-15)20(27)22-13-5-4-8-16(22)9-12-19(25)26/h1-3,6-7,16H,4-5,8-14H2,(H,25,26). The highest BCUT2D eigenvalue weighted by molar-refractivity contribution is 6.39. The summed E-state index contributed by atoms with van der Waals surface area (Å²) < 4.78 is 0. The molecule has 2 amide bonds. The number of hydrogen-bond donors (Lipinski definition) is 1. The van der Waals surface area contributed by atoms with Gasteiger partial charge in [-0.05, 0) is 31.2 Å². The van der Waals surface area contributed by atoms with E-state index >= 15 is 0 Å². The molecule has 2 aliphatic rings. The van der Waals surface area contributed by atoms with Gasteiger partial charge in [-0.1, -0.05) is 30.3 Å². The van der Waals surface area contributed by atoms with Crippen molar-refractivity contribution in [2.24, 2.45) is 5.10 Å². The van der Waals surface area contributed by atoms with Crippen LogP contribution in [-0.2, 0) is 20.9 Å². The van der Waals surface area contributed by atoms with Crippen LogP contribution in [0.5, 0.6) is 0 Å². The Balaban J connectivity index is 1.72. The quantitative estimate of drug-likeness (QED) is 0.831. The Morgan fingerprint density at radius 3 is 2.67 bits per heavy atom. The molecule has 1 N–H and O–H groups in total. The number of carboxylic acids is 1. The molecule has 7 nitrogen and oxygen atoms in total. The average Bonchev–Trinajstić information content (AvgIpc) is 2.68. The van der Waals surface area contributed by atoms with Gasteiger partial charge in [0.25, 0.3) is 5.91 Å². The minimum Gasteiger partial charge on any atom is -0.481 e. The van der Waals surface area contributed by atoms with Crippen LogP contribution in [0, 0.1) is 0 Å². The first-order valence-electron chi connectivity index (χ1n) is 9.49. The van der Waals surface area contributed by atoms with Crippen molar-refractivity contribution in [2.45, 2.75) is 57.5 Å². The highest BCUT2D eigenvalue weighted by Crippen LogP contribution is 2.23. The van der Waals surface area contributed by atoms with Crippen molar-refractivity contribution < 1.29 is 19.5 Å². The van der Waals surface area contributed by atoms with Crippen LogP contribution in [0.15, 0.2) is 35.4 Å². The zero-order valence-corrected chi connectivity index (χ0v) is 15.3. The van der Waals surface area contributed by atoms with Crippen molar-refractivity contribution in [2.75, 3.05) is 6.54 Å². The maximum Gasteiger partial charge on any atom is 0.303 e. The Morgan fingerprint density at radius 1 is 1.15 bits per heavy atom. The summed E-state index contributed by atoms with van der Waals surface area (Å²) in [6, 6.07) is 9.50. The molecule has 2 heterocycles. The number of carbonyl (C=O) groups excluding carboxylic acids is 2. The van der Waals surface area contributed by atoms with Crippen molar-refractivity contribution >= 4 is 23.5 Å². The highest BCUT2D eigenvalue weighted by atomic mass is 16.4. The van der Waals surface area contributed by atoms with E-state index in [-0.39, 0.29) is 30.7 Å². The van der Waals surface area contributed by atoms with Crippen molar-refractivity contribution in [3.63, 3.8) is 0 Å². The molecule has 0 aromatic heterocycles. The predicted molar refractivity (Wildman–Crippen MR) is 99.9 cm³/mol. The number of carboxylic acid groups (broad SMARTS) is 1. The van der Waals surface area contributed by atoms with Crippen LogP contribution in [0.2, 0.25) is 0 Å². The van der Waals surface area contributed by atoms with Gasteiger partial charge in [0, 0.05) is 31.8 Å². The first-order valence-corrected chi connectivity index (χ1v) is 9.49. The van der Waals surface area contributed by atoms with Crippen LogP contribution >= 0.6 is 0 Å². The molecule has 0 aliphatic carbocycles. The molecule has 0 saturated carbocycles. The predicted octanol–water partition coefficient (Wildman–Crippen LogP) is 2.41. The molecule has 0 spiro atoms. The van der Waals surface area contributed by atoms with E-state index in [0.29, 0.717) is 31.6 Å². The van der Waals surface area contributed by atoms with E-state index in [9.17, 15) is 14.4 Å². The summed E-state index contributed by atoms with van der Waals surface area (Å²) in [5, 5.41) is 14.7. The first-order chi connectivity index (χ1) is 13.0. The number of carbonyl (C=O) groups is 3. The van der Waals surface area contributed by atoms with Crippen LogP contribution in [0.25, 0.3) is 0 Å². The largest absolute Gasteiger partial charge is 0.481 e. The van der Waals surface area contributed by atoms with E-state index in [2.05, 4.69) is 5.10 Å². The lowest BCUT2D eigenvalue weighted by molar-refractivity contribution is -0.139. The Labute approximate surface area is 158 Å². The Kier molecular flexibility index (Phi) is 6.21. The molecule has 1 unspecified atom stereocenters. The maximum absolute atomic E-state index is 13.0. The van der Waals surface area contributed by atoms with E-state index in [0.717, 1.165) is 24.8 Å². The molecule has 27 heavy (non-hydrogen) atoms. The topological polar surface area (TPSA) is 90.3 Å². The fourth-order valence-corrected chi connectivity index (χ4v) is 3.66. The number of hydrogen-bond acceptors (Lipinski definition) is 4. The van der Waals surface area contributed by atoms with Gasteiger partial charge in [-0.25, -0.2) is 5.01 Å². The fourth-order valence-electron chi connectivity index (χ4n) is 3.66. The summed E-state index contributed by atoms with van der Waals surface area (Å²) in [4.78, 5) is 37.9. The lowest BCUT2D eigenvalue weighted by Crippen LogP contribution is -2.48. The van der Waals surface area contributed by atoms with E-state index in [1.807, 2.05) is 30.3 Å².